The van der Waals surface area contributed by atoms with Crippen molar-refractivity contribution in [2.75, 3.05) is 40.0 Å². The molecule has 0 aromatic heterocycles. The Hall–Kier alpha value is -3.91. The van der Waals surface area contributed by atoms with Crippen molar-refractivity contribution in [3.63, 3.8) is 0 Å². The number of amides is 1. The van der Waals surface area contributed by atoms with Crippen LogP contribution < -0.4 is 9.84 Å². The molecule has 7 nitrogen and oxygen atoms in total. The normalized spacial score (nSPS) is 18.7. The molecular formula is C35H38NO6-. The van der Waals surface area contributed by atoms with Crippen LogP contribution in [0.4, 0.5) is 4.79 Å². The van der Waals surface area contributed by atoms with Gasteiger partial charge in [0, 0.05) is 38.5 Å². The largest absolute Gasteiger partial charge is 0.530 e. The Balaban J connectivity index is 1.22. The first kappa shape index (κ1) is 29.6. The predicted molar refractivity (Wildman–Crippen MR) is 160 cm³/mol. The predicted octanol–water partition coefficient (Wildman–Crippen LogP) is 5.42. The summed E-state index contributed by atoms with van der Waals surface area (Å²) in [5.41, 5.74) is 3.26. The highest BCUT2D eigenvalue weighted by atomic mass is 16.5. The van der Waals surface area contributed by atoms with Crippen LogP contribution in [0.3, 0.4) is 0 Å². The van der Waals surface area contributed by atoms with Crippen molar-refractivity contribution in [1.82, 2.24) is 4.90 Å². The van der Waals surface area contributed by atoms with Gasteiger partial charge < -0.3 is 33.7 Å². The lowest BCUT2D eigenvalue weighted by Gasteiger charge is -2.44. The van der Waals surface area contributed by atoms with E-state index in [0.29, 0.717) is 39.6 Å². The van der Waals surface area contributed by atoms with E-state index in [-0.39, 0.29) is 24.5 Å². The number of hydrogen-bond donors (Lipinski definition) is 0. The van der Waals surface area contributed by atoms with E-state index < -0.39 is 6.09 Å². The van der Waals surface area contributed by atoms with Gasteiger partial charge in [-0.25, -0.2) is 0 Å². The molecule has 42 heavy (non-hydrogen) atoms. The summed E-state index contributed by atoms with van der Waals surface area (Å²) in [6.07, 6.45) is -0.765. The topological polar surface area (TPSA) is 80.3 Å². The summed E-state index contributed by atoms with van der Waals surface area (Å²) < 4.78 is 23.7. The number of carbonyl (C=O) groups is 1. The van der Waals surface area contributed by atoms with Gasteiger partial charge in [0.25, 0.3) is 0 Å². The Morgan fingerprint density at radius 3 is 2.36 bits per heavy atom. The Morgan fingerprint density at radius 2 is 1.60 bits per heavy atom. The molecule has 220 valence electrons. The molecule has 4 aromatic rings. The number of ether oxygens (including phenoxy) is 4. The first-order valence-electron chi connectivity index (χ1n) is 14.5. The van der Waals surface area contributed by atoms with Gasteiger partial charge in [-0.05, 0) is 45.7 Å². The van der Waals surface area contributed by atoms with Crippen LogP contribution in [0.25, 0.3) is 10.8 Å². The van der Waals surface area contributed by atoms with Crippen molar-refractivity contribution in [2.45, 2.75) is 31.7 Å². The molecule has 0 aliphatic carbocycles. The van der Waals surface area contributed by atoms with Gasteiger partial charge in [0.05, 0.1) is 39.1 Å². The summed E-state index contributed by atoms with van der Waals surface area (Å²) in [6, 6.07) is 32.6. The van der Waals surface area contributed by atoms with Crippen LogP contribution >= 0.6 is 0 Å². The number of nitrogens with zero attached hydrogens (tertiary/aromatic N) is 1. The van der Waals surface area contributed by atoms with Crippen LogP contribution in [0.2, 0.25) is 0 Å². The minimum Gasteiger partial charge on any atom is -0.530 e. The number of carboxylic acid groups (broad SMARTS) is 1. The number of hydrogen-bond acceptors (Lipinski definition) is 6. The molecule has 1 heterocycles. The van der Waals surface area contributed by atoms with Crippen LogP contribution in [0.5, 0.6) is 5.75 Å². The van der Waals surface area contributed by atoms with Crippen molar-refractivity contribution in [3.8, 4) is 5.75 Å². The molecule has 3 unspecified atom stereocenters. The average molecular weight is 569 g/mol. The highest BCUT2D eigenvalue weighted by Crippen LogP contribution is 2.36. The molecule has 1 saturated heterocycles. The van der Waals surface area contributed by atoms with E-state index in [0.717, 1.165) is 34.2 Å². The number of rotatable bonds is 13. The third-order valence-corrected chi connectivity index (χ3v) is 7.76. The van der Waals surface area contributed by atoms with Gasteiger partial charge in [0.1, 0.15) is 11.8 Å². The fourth-order valence-corrected chi connectivity index (χ4v) is 5.70. The van der Waals surface area contributed by atoms with Crippen LogP contribution in [0.1, 0.15) is 29.0 Å². The molecule has 1 aliphatic rings. The van der Waals surface area contributed by atoms with Gasteiger partial charge in [-0.3, -0.25) is 0 Å². The van der Waals surface area contributed by atoms with E-state index in [9.17, 15) is 9.90 Å². The maximum Gasteiger partial charge on any atom is 0.137 e. The van der Waals surface area contributed by atoms with Crippen LogP contribution in [0, 0.1) is 5.92 Å². The van der Waals surface area contributed by atoms with Gasteiger partial charge in [-0.15, -0.1) is 0 Å². The number of piperidine rings is 1. The number of likely N-dealkylation sites (tertiary alicyclic amines) is 1. The summed E-state index contributed by atoms with van der Waals surface area (Å²) >= 11 is 0. The molecular weight excluding hydrogens is 530 g/mol. The fourth-order valence-electron chi connectivity index (χ4n) is 5.70. The molecule has 1 aliphatic heterocycles. The molecule has 5 rings (SSSR count). The number of fused-ring (bicyclic) bond motifs is 1. The van der Waals surface area contributed by atoms with Gasteiger partial charge in [0.2, 0.25) is 0 Å². The molecule has 4 aromatic carbocycles. The summed E-state index contributed by atoms with van der Waals surface area (Å²) in [5.74, 6) is 0.643. The van der Waals surface area contributed by atoms with Crippen molar-refractivity contribution >= 4 is 16.9 Å². The van der Waals surface area contributed by atoms with Crippen LogP contribution in [0.15, 0.2) is 97.1 Å². The minimum atomic E-state index is -1.19. The van der Waals surface area contributed by atoms with Gasteiger partial charge in [-0.2, -0.15) is 0 Å². The number of carbonyl (C=O) groups excluding carboxylic acids is 1. The van der Waals surface area contributed by atoms with Crippen LogP contribution in [-0.2, 0) is 27.4 Å². The second kappa shape index (κ2) is 14.8. The lowest BCUT2D eigenvalue weighted by Crippen LogP contribution is -2.55. The van der Waals surface area contributed by atoms with Gasteiger partial charge in [-0.1, -0.05) is 78.9 Å². The molecule has 0 saturated carbocycles. The van der Waals surface area contributed by atoms with Crippen LogP contribution in [-0.4, -0.2) is 57.1 Å². The Labute approximate surface area is 247 Å². The van der Waals surface area contributed by atoms with Crippen molar-refractivity contribution in [3.05, 3.63) is 114 Å². The Bertz CT molecular complexity index is 1410. The zero-order valence-corrected chi connectivity index (χ0v) is 24.0. The summed E-state index contributed by atoms with van der Waals surface area (Å²) in [7, 11) is 1.64. The van der Waals surface area contributed by atoms with E-state index in [1.54, 1.807) is 7.11 Å². The first-order chi connectivity index (χ1) is 20.6. The fraction of sp³-hybridized carbons (Fsp3) is 0.343. The van der Waals surface area contributed by atoms with Crippen molar-refractivity contribution in [1.29, 1.82) is 0 Å². The second-order valence-electron chi connectivity index (χ2n) is 10.8. The molecule has 0 N–H and O–H groups in total. The number of methoxy groups -OCH3 is 1. The van der Waals surface area contributed by atoms with E-state index in [1.807, 2.05) is 42.5 Å². The average Bonchev–Trinajstić information content (AvgIpc) is 3.02. The highest BCUT2D eigenvalue weighted by Gasteiger charge is 2.38. The second-order valence-corrected chi connectivity index (χ2v) is 10.8. The quantitative estimate of drug-likeness (QED) is 0.201. The molecule has 0 spiro atoms. The lowest BCUT2D eigenvalue weighted by atomic mass is 9.79. The standard InChI is InChI=1S/C35H39NO6/c1-39-25-31-21-36(35(37)38)22-33(42-24-27-12-13-28-10-5-6-11-30(28)20-27)34(31)29-14-16-32(17-15-29)41-19-7-18-40-23-26-8-3-2-4-9-26/h2-6,8-17,20,31,33-34H,7,18-19,21-25H2,1H3,(H,37,38)/p-1. The molecule has 7 heteroatoms. The molecule has 0 radical (unpaired) electrons. The SMILES string of the molecule is COCC1CN(C(=O)[O-])CC(OCc2ccc3ccccc3c2)C1c1ccc(OCCCOCc2ccccc2)cc1. The third-order valence-electron chi connectivity index (χ3n) is 7.76. The summed E-state index contributed by atoms with van der Waals surface area (Å²) in [4.78, 5) is 13.2. The van der Waals surface area contributed by atoms with Crippen molar-refractivity contribution < 1.29 is 28.8 Å². The number of benzene rings is 4. The summed E-state index contributed by atoms with van der Waals surface area (Å²) in [6.45, 7) is 3.13. The molecule has 1 amide bonds. The zero-order valence-electron chi connectivity index (χ0n) is 24.0. The van der Waals surface area contributed by atoms with E-state index in [4.69, 9.17) is 18.9 Å². The molecule has 1 fully saturated rings. The Morgan fingerprint density at radius 1 is 0.833 bits per heavy atom. The van der Waals surface area contributed by atoms with Gasteiger partial charge >= 0.3 is 0 Å². The molecule has 0 bridgehead atoms. The van der Waals surface area contributed by atoms with Crippen molar-refractivity contribution in [2.24, 2.45) is 5.92 Å². The van der Waals surface area contributed by atoms with E-state index >= 15 is 0 Å². The first-order valence-corrected chi connectivity index (χ1v) is 14.5. The highest BCUT2D eigenvalue weighted by molar-refractivity contribution is 5.82. The third kappa shape index (κ3) is 7.88. The maximum absolute atomic E-state index is 11.9. The monoisotopic (exact) mass is 568 g/mol. The van der Waals surface area contributed by atoms with E-state index in [1.165, 1.54) is 10.3 Å². The Kier molecular flexibility index (Phi) is 10.4. The van der Waals surface area contributed by atoms with E-state index in [2.05, 4.69) is 54.6 Å². The lowest BCUT2D eigenvalue weighted by molar-refractivity contribution is -0.270. The zero-order chi connectivity index (χ0) is 29.1. The van der Waals surface area contributed by atoms with Gasteiger partial charge in [0.15, 0.2) is 0 Å². The molecule has 3 atom stereocenters. The smallest absolute Gasteiger partial charge is 0.137 e. The minimum absolute atomic E-state index is 0.0542. The maximum atomic E-state index is 11.9. The summed E-state index contributed by atoms with van der Waals surface area (Å²) in [5, 5.41) is 14.2.